The van der Waals surface area contributed by atoms with E-state index in [1.807, 2.05) is 27.7 Å². The van der Waals surface area contributed by atoms with E-state index >= 15 is 0 Å². The van der Waals surface area contributed by atoms with Crippen LogP contribution in [0.4, 0.5) is 0 Å². The van der Waals surface area contributed by atoms with Crippen LogP contribution in [0.1, 0.15) is 40.5 Å². The van der Waals surface area contributed by atoms with Gasteiger partial charge in [-0.25, -0.2) is 0 Å². The first-order valence-electron chi connectivity index (χ1n) is 7.47. The molecule has 1 heterocycles. The van der Waals surface area contributed by atoms with Gasteiger partial charge in [0.25, 0.3) is 0 Å². The fourth-order valence-electron chi connectivity index (χ4n) is 3.85. The number of hydrogen-bond donors (Lipinski definition) is 1. The zero-order valence-corrected chi connectivity index (χ0v) is 13.9. The molecule has 0 saturated carbocycles. The lowest BCUT2D eigenvalue weighted by Gasteiger charge is -2.50. The summed E-state index contributed by atoms with van der Waals surface area (Å²) >= 11 is 0. The molecular weight excluding hydrogens is 304 g/mol. The quantitative estimate of drug-likeness (QED) is 0.508. The number of piperidine rings is 1. The molecule has 1 N–H and O–H groups in total. The highest BCUT2D eigenvalue weighted by Crippen LogP contribution is 2.36. The molecule has 1 unspecified atom stereocenters. The molecule has 0 bridgehead atoms. The number of nitrogens with zero attached hydrogens (tertiary/aromatic N) is 1. The largest absolute Gasteiger partial charge is 0.549 e. The van der Waals surface area contributed by atoms with Gasteiger partial charge >= 0.3 is 0 Å². The van der Waals surface area contributed by atoms with E-state index in [-0.39, 0.29) is 11.1 Å². The van der Waals surface area contributed by atoms with Crippen LogP contribution in [0.15, 0.2) is 0 Å². The van der Waals surface area contributed by atoms with Gasteiger partial charge in [-0.3, -0.25) is 4.90 Å². The summed E-state index contributed by atoms with van der Waals surface area (Å²) < 4.78 is 0. The highest BCUT2D eigenvalue weighted by molar-refractivity contribution is 5.76. The Kier molecular flexibility index (Phi) is 5.76. The normalized spacial score (nSPS) is 21.8. The van der Waals surface area contributed by atoms with Gasteiger partial charge in [0.15, 0.2) is 0 Å². The molecule has 0 radical (unpaired) electrons. The Bertz CT molecular complexity index is 456. The third-order valence-electron chi connectivity index (χ3n) is 3.97. The van der Waals surface area contributed by atoms with E-state index in [0.29, 0.717) is 12.8 Å². The topological polar surface area (TPSA) is 136 Å². The fraction of sp³-hybridized carbons (Fsp3) is 0.800. The van der Waals surface area contributed by atoms with Gasteiger partial charge in [0.2, 0.25) is 0 Å². The number of nitrogens with one attached hydrogen (secondary N) is 1. The Morgan fingerprint density at radius 1 is 1.00 bits per heavy atom. The van der Waals surface area contributed by atoms with E-state index in [0.717, 1.165) is 4.90 Å². The van der Waals surface area contributed by atoms with Crippen molar-refractivity contribution < 1.29 is 29.7 Å². The van der Waals surface area contributed by atoms with E-state index in [4.69, 9.17) is 0 Å². The summed E-state index contributed by atoms with van der Waals surface area (Å²) in [5, 5.41) is 36.7. The summed E-state index contributed by atoms with van der Waals surface area (Å²) in [7, 11) is 0. The van der Waals surface area contributed by atoms with Crippen molar-refractivity contribution in [3.05, 3.63) is 0 Å². The van der Waals surface area contributed by atoms with Crippen molar-refractivity contribution in [1.82, 2.24) is 10.2 Å². The van der Waals surface area contributed by atoms with Crippen molar-refractivity contribution in [3.63, 3.8) is 0 Å². The smallest absolute Gasteiger partial charge is 0.0589 e. The molecule has 1 saturated heterocycles. The van der Waals surface area contributed by atoms with Crippen LogP contribution < -0.4 is 20.6 Å². The average molecular weight is 327 g/mol. The fourth-order valence-corrected chi connectivity index (χ4v) is 3.85. The van der Waals surface area contributed by atoms with Crippen molar-refractivity contribution in [2.45, 2.75) is 57.7 Å². The molecule has 1 rings (SSSR count). The van der Waals surface area contributed by atoms with Gasteiger partial charge in [0.05, 0.1) is 23.9 Å². The number of carbonyl (C=O) groups excluding carboxylic acids is 3. The lowest BCUT2D eigenvalue weighted by Crippen LogP contribution is -2.64. The standard InChI is InChI=1S/C15H26N2O6/c1-14(2)5-9(6-15(3,4)16-14)12(13(22)23)17(7-10(18)19)8-11(20)21/h9,12,16H,5-8H2,1-4H3,(H,18,19)(H,20,21)(H,22,23)/p-3. The first-order valence-corrected chi connectivity index (χ1v) is 7.47. The predicted octanol–water partition coefficient (Wildman–Crippen LogP) is -3.54. The third kappa shape index (κ3) is 5.80. The Morgan fingerprint density at radius 3 is 1.70 bits per heavy atom. The number of carboxylic acid groups (broad SMARTS) is 3. The monoisotopic (exact) mass is 327 g/mol. The van der Waals surface area contributed by atoms with Crippen LogP contribution in [0.5, 0.6) is 0 Å². The Labute approximate surface area is 135 Å². The second-order valence-electron chi connectivity index (χ2n) is 7.47. The van der Waals surface area contributed by atoms with E-state index in [2.05, 4.69) is 5.32 Å². The summed E-state index contributed by atoms with van der Waals surface area (Å²) in [5.74, 6) is -5.06. The number of hydrogen-bond acceptors (Lipinski definition) is 8. The molecule has 0 amide bonds. The van der Waals surface area contributed by atoms with Gasteiger partial charge < -0.3 is 35.0 Å². The molecule has 0 aromatic carbocycles. The van der Waals surface area contributed by atoms with E-state index in [1.165, 1.54) is 0 Å². The van der Waals surface area contributed by atoms with Gasteiger partial charge in [-0.2, -0.15) is 0 Å². The molecule has 0 aromatic rings. The van der Waals surface area contributed by atoms with Crippen molar-refractivity contribution in [2.24, 2.45) is 5.92 Å². The van der Waals surface area contributed by atoms with Gasteiger partial charge in [0, 0.05) is 24.2 Å². The number of rotatable bonds is 7. The van der Waals surface area contributed by atoms with Crippen LogP contribution in [-0.2, 0) is 14.4 Å². The Morgan fingerprint density at radius 2 is 1.39 bits per heavy atom. The number of aliphatic carboxylic acids is 3. The van der Waals surface area contributed by atoms with Gasteiger partial charge in [0.1, 0.15) is 0 Å². The van der Waals surface area contributed by atoms with E-state index in [9.17, 15) is 29.7 Å². The van der Waals surface area contributed by atoms with Crippen LogP contribution in [-0.4, -0.2) is 53.0 Å². The predicted molar refractivity (Wildman–Crippen MR) is 74.4 cm³/mol. The second-order valence-corrected chi connectivity index (χ2v) is 7.47. The highest BCUT2D eigenvalue weighted by atomic mass is 16.4. The molecule has 0 aromatic heterocycles. The number of carboxylic acids is 3. The van der Waals surface area contributed by atoms with Crippen molar-refractivity contribution in [1.29, 1.82) is 0 Å². The lowest BCUT2D eigenvalue weighted by molar-refractivity contribution is -0.320. The molecule has 1 atom stereocenters. The first kappa shape index (κ1) is 19.4. The lowest BCUT2D eigenvalue weighted by atomic mass is 9.72. The molecule has 8 heteroatoms. The Balaban J connectivity index is 3.13. The maximum atomic E-state index is 11.6. The van der Waals surface area contributed by atoms with Crippen molar-refractivity contribution in [2.75, 3.05) is 13.1 Å². The second kappa shape index (κ2) is 6.84. The average Bonchev–Trinajstić information content (AvgIpc) is 2.21. The van der Waals surface area contributed by atoms with Crippen LogP contribution >= 0.6 is 0 Å². The molecule has 1 aliphatic rings. The van der Waals surface area contributed by atoms with Crippen LogP contribution in [0.3, 0.4) is 0 Å². The molecule has 0 spiro atoms. The molecular formula is C15H23N2O6-3. The summed E-state index contributed by atoms with van der Waals surface area (Å²) in [4.78, 5) is 34.2. The number of carbonyl (C=O) groups is 3. The van der Waals surface area contributed by atoms with Gasteiger partial charge in [-0.15, -0.1) is 0 Å². The summed E-state index contributed by atoms with van der Waals surface area (Å²) in [6.07, 6.45) is 0.872. The molecule has 23 heavy (non-hydrogen) atoms. The highest BCUT2D eigenvalue weighted by Gasteiger charge is 2.42. The zero-order chi connectivity index (χ0) is 18.0. The van der Waals surface area contributed by atoms with Gasteiger partial charge in [-0.05, 0) is 46.5 Å². The molecule has 1 aliphatic heterocycles. The molecule has 132 valence electrons. The maximum absolute atomic E-state index is 11.6. The Hall–Kier alpha value is -1.67. The third-order valence-corrected chi connectivity index (χ3v) is 3.97. The van der Waals surface area contributed by atoms with Crippen LogP contribution in [0, 0.1) is 5.92 Å². The van der Waals surface area contributed by atoms with Crippen molar-refractivity contribution in [3.8, 4) is 0 Å². The van der Waals surface area contributed by atoms with Crippen LogP contribution in [0.2, 0.25) is 0 Å². The minimum Gasteiger partial charge on any atom is -0.549 e. The summed E-state index contributed by atoms with van der Waals surface area (Å²) in [6, 6.07) is -1.34. The van der Waals surface area contributed by atoms with Gasteiger partial charge in [-0.1, -0.05) is 0 Å². The van der Waals surface area contributed by atoms with Crippen LogP contribution in [0.25, 0.3) is 0 Å². The van der Waals surface area contributed by atoms with E-state index < -0.39 is 43.0 Å². The first-order chi connectivity index (χ1) is 10.3. The van der Waals surface area contributed by atoms with Crippen molar-refractivity contribution >= 4 is 17.9 Å². The minimum absolute atomic E-state index is 0.380. The molecule has 8 nitrogen and oxygen atoms in total. The SMILES string of the molecule is CC1(C)CC(C(C(=O)[O-])N(CC(=O)[O-])CC(=O)[O-])CC(C)(C)N1. The zero-order valence-electron chi connectivity index (χ0n) is 13.9. The molecule has 0 aliphatic carbocycles. The maximum Gasteiger partial charge on any atom is 0.0589 e. The molecule has 1 fully saturated rings. The van der Waals surface area contributed by atoms with E-state index in [1.54, 1.807) is 0 Å². The summed E-state index contributed by atoms with van der Waals surface area (Å²) in [6.45, 7) is 6.03. The summed E-state index contributed by atoms with van der Waals surface area (Å²) in [5.41, 5.74) is -0.760. The minimum atomic E-state index is -1.55.